The second kappa shape index (κ2) is 7.08. The quantitative estimate of drug-likeness (QED) is 0.773. The molecular formula is C14H19NO7S2. The molecule has 0 saturated carbocycles. The fourth-order valence-corrected chi connectivity index (χ4v) is 6.09. The summed E-state index contributed by atoms with van der Waals surface area (Å²) in [5, 5.41) is 9.27. The van der Waals surface area contributed by atoms with Gasteiger partial charge in [-0.05, 0) is 19.8 Å². The lowest BCUT2D eigenvalue weighted by molar-refractivity contribution is -0.144. The van der Waals surface area contributed by atoms with Gasteiger partial charge >= 0.3 is 11.9 Å². The topological polar surface area (TPSA) is 110 Å². The van der Waals surface area contributed by atoms with E-state index in [-0.39, 0.29) is 21.4 Å². The zero-order valence-electron chi connectivity index (χ0n) is 13.5. The Morgan fingerprint density at radius 3 is 2.58 bits per heavy atom. The van der Waals surface area contributed by atoms with Crippen molar-refractivity contribution in [1.29, 1.82) is 0 Å². The largest absolute Gasteiger partial charge is 0.494 e. The third-order valence-corrected chi connectivity index (χ3v) is 7.64. The number of rotatable bonds is 5. The van der Waals surface area contributed by atoms with Crippen LogP contribution in [0.25, 0.3) is 0 Å². The van der Waals surface area contributed by atoms with Gasteiger partial charge in [0.2, 0.25) is 0 Å². The molecule has 0 bridgehead atoms. The predicted octanol–water partition coefficient (Wildman–Crippen LogP) is 1.42. The molecule has 24 heavy (non-hydrogen) atoms. The van der Waals surface area contributed by atoms with Crippen molar-refractivity contribution in [2.24, 2.45) is 5.92 Å². The lowest BCUT2D eigenvalue weighted by atomic mass is 9.92. The van der Waals surface area contributed by atoms with Crippen LogP contribution in [0.15, 0.2) is 10.3 Å². The minimum Gasteiger partial charge on any atom is -0.494 e. The number of piperidine rings is 1. The standard InChI is InChI=1S/C14H19NO7S2/c1-8-9(12(16)17)5-4-6-15(8)24(19,20)14-10(21-2)7-11(23-14)13(18)22-3/h7-9H,4-6H2,1-3H3,(H,16,17)/t8-,9-/m0/s1. The summed E-state index contributed by atoms with van der Waals surface area (Å²) >= 11 is 0.752. The minimum absolute atomic E-state index is 0.0463. The molecule has 0 radical (unpaired) electrons. The molecule has 0 amide bonds. The molecule has 0 aliphatic carbocycles. The molecule has 1 aliphatic rings. The van der Waals surface area contributed by atoms with E-state index in [9.17, 15) is 23.1 Å². The van der Waals surface area contributed by atoms with Crippen molar-refractivity contribution in [3.63, 3.8) is 0 Å². The third-order valence-electron chi connectivity index (χ3n) is 4.06. The normalized spacial score (nSPS) is 22.1. The highest BCUT2D eigenvalue weighted by atomic mass is 32.2. The molecule has 0 unspecified atom stereocenters. The lowest BCUT2D eigenvalue weighted by Gasteiger charge is -2.36. The van der Waals surface area contributed by atoms with E-state index in [1.165, 1.54) is 24.6 Å². The molecule has 0 spiro atoms. The molecule has 134 valence electrons. The Hall–Kier alpha value is -1.65. The maximum Gasteiger partial charge on any atom is 0.348 e. The number of nitrogens with zero attached hydrogens (tertiary/aromatic N) is 1. The first kappa shape index (κ1) is 18.7. The first-order valence-corrected chi connectivity index (χ1v) is 9.50. The number of ether oxygens (including phenoxy) is 2. The average Bonchev–Trinajstić information content (AvgIpc) is 2.99. The SMILES string of the molecule is COC(=O)c1cc(OC)c(S(=O)(=O)N2CCC[C@H](C(=O)O)[C@@H]2C)s1. The molecule has 1 N–H and O–H groups in total. The number of carboxylic acid groups (broad SMARTS) is 1. The van der Waals surface area contributed by atoms with Gasteiger partial charge in [-0.15, -0.1) is 11.3 Å². The van der Waals surface area contributed by atoms with Crippen molar-refractivity contribution in [1.82, 2.24) is 4.31 Å². The molecule has 2 heterocycles. The van der Waals surface area contributed by atoms with Crippen LogP contribution in [0.1, 0.15) is 29.4 Å². The van der Waals surface area contributed by atoms with Crippen molar-refractivity contribution >= 4 is 33.3 Å². The summed E-state index contributed by atoms with van der Waals surface area (Å²) in [7, 11) is -1.48. The number of hydrogen-bond donors (Lipinski definition) is 1. The molecule has 1 aromatic rings. The Balaban J connectivity index is 2.44. The van der Waals surface area contributed by atoms with Gasteiger partial charge in [-0.2, -0.15) is 4.31 Å². The Morgan fingerprint density at radius 2 is 2.04 bits per heavy atom. The molecule has 8 nitrogen and oxygen atoms in total. The van der Waals surface area contributed by atoms with Crippen LogP contribution in [-0.2, 0) is 19.6 Å². The molecule has 1 aliphatic heterocycles. The van der Waals surface area contributed by atoms with Crippen LogP contribution < -0.4 is 4.74 Å². The second-order valence-corrected chi connectivity index (χ2v) is 8.54. The fourth-order valence-electron chi connectivity index (χ4n) is 2.77. The van der Waals surface area contributed by atoms with Crippen molar-refractivity contribution in [3.05, 3.63) is 10.9 Å². The molecule has 1 fully saturated rings. The fraction of sp³-hybridized carbons (Fsp3) is 0.571. The monoisotopic (exact) mass is 377 g/mol. The highest BCUT2D eigenvalue weighted by Crippen LogP contribution is 2.38. The molecule has 0 aromatic carbocycles. The van der Waals surface area contributed by atoms with Gasteiger partial charge in [0, 0.05) is 18.7 Å². The zero-order chi connectivity index (χ0) is 18.1. The Bertz CT molecular complexity index is 740. The van der Waals surface area contributed by atoms with Gasteiger partial charge in [0.1, 0.15) is 4.88 Å². The highest BCUT2D eigenvalue weighted by molar-refractivity contribution is 7.91. The Kier molecular flexibility index (Phi) is 5.51. The predicted molar refractivity (Wildman–Crippen MR) is 85.9 cm³/mol. The Morgan fingerprint density at radius 1 is 1.38 bits per heavy atom. The number of carboxylic acids is 1. The van der Waals surface area contributed by atoms with E-state index in [0.29, 0.717) is 12.8 Å². The lowest BCUT2D eigenvalue weighted by Crippen LogP contribution is -2.48. The molecular weight excluding hydrogens is 358 g/mol. The summed E-state index contributed by atoms with van der Waals surface area (Å²) in [5.41, 5.74) is 0. The summed E-state index contributed by atoms with van der Waals surface area (Å²) in [6.07, 6.45) is 0.885. The number of thiophene rings is 1. The molecule has 10 heteroatoms. The molecule has 2 atom stereocenters. The summed E-state index contributed by atoms with van der Waals surface area (Å²) < 4.78 is 36.7. The first-order valence-electron chi connectivity index (χ1n) is 7.24. The van der Waals surface area contributed by atoms with E-state index in [2.05, 4.69) is 4.74 Å². The van der Waals surface area contributed by atoms with Gasteiger partial charge in [0.05, 0.1) is 20.1 Å². The number of sulfonamides is 1. The van der Waals surface area contributed by atoms with Crippen molar-refractivity contribution < 1.29 is 32.6 Å². The van der Waals surface area contributed by atoms with Gasteiger partial charge < -0.3 is 14.6 Å². The highest BCUT2D eigenvalue weighted by Gasteiger charge is 2.41. The van der Waals surface area contributed by atoms with Crippen LogP contribution in [0.5, 0.6) is 5.75 Å². The number of carbonyl (C=O) groups is 2. The van der Waals surface area contributed by atoms with E-state index in [1.807, 2.05) is 0 Å². The van der Waals surface area contributed by atoms with E-state index in [0.717, 1.165) is 11.3 Å². The van der Waals surface area contributed by atoms with E-state index < -0.39 is 33.9 Å². The van der Waals surface area contributed by atoms with Crippen molar-refractivity contribution in [3.8, 4) is 5.75 Å². The summed E-state index contributed by atoms with van der Waals surface area (Å²) in [4.78, 5) is 23.1. The van der Waals surface area contributed by atoms with E-state index in [4.69, 9.17) is 4.74 Å². The smallest absolute Gasteiger partial charge is 0.348 e. The van der Waals surface area contributed by atoms with Crippen LogP contribution in [0, 0.1) is 5.92 Å². The van der Waals surface area contributed by atoms with Gasteiger partial charge in [-0.1, -0.05) is 0 Å². The minimum atomic E-state index is -3.99. The number of methoxy groups -OCH3 is 2. The summed E-state index contributed by atoms with van der Waals surface area (Å²) in [6, 6.07) is 0.627. The average molecular weight is 377 g/mol. The summed E-state index contributed by atoms with van der Waals surface area (Å²) in [5.74, 6) is -2.39. The third kappa shape index (κ3) is 3.26. The van der Waals surface area contributed by atoms with Crippen LogP contribution in [-0.4, -0.2) is 56.6 Å². The van der Waals surface area contributed by atoms with Crippen molar-refractivity contribution in [2.45, 2.75) is 30.0 Å². The zero-order valence-corrected chi connectivity index (χ0v) is 15.1. The van der Waals surface area contributed by atoms with Crippen LogP contribution in [0.4, 0.5) is 0 Å². The van der Waals surface area contributed by atoms with E-state index in [1.54, 1.807) is 6.92 Å². The maximum absolute atomic E-state index is 13.0. The molecule has 1 aromatic heterocycles. The number of esters is 1. The van der Waals surface area contributed by atoms with Crippen LogP contribution >= 0.6 is 11.3 Å². The van der Waals surface area contributed by atoms with Gasteiger partial charge in [0.25, 0.3) is 10.0 Å². The maximum atomic E-state index is 13.0. The summed E-state index contributed by atoms with van der Waals surface area (Å²) in [6.45, 7) is 1.80. The Labute approximate surface area is 144 Å². The molecule has 2 rings (SSSR count). The number of carbonyl (C=O) groups excluding carboxylic acids is 1. The van der Waals surface area contributed by atoms with E-state index >= 15 is 0 Å². The van der Waals surface area contributed by atoms with Gasteiger partial charge in [-0.25, -0.2) is 13.2 Å². The second-order valence-electron chi connectivity index (χ2n) is 5.40. The van der Waals surface area contributed by atoms with Gasteiger partial charge in [-0.3, -0.25) is 4.79 Å². The number of hydrogen-bond acceptors (Lipinski definition) is 7. The molecule has 1 saturated heterocycles. The van der Waals surface area contributed by atoms with Crippen LogP contribution in [0.3, 0.4) is 0 Å². The van der Waals surface area contributed by atoms with Crippen LogP contribution in [0.2, 0.25) is 0 Å². The first-order chi connectivity index (χ1) is 11.2. The van der Waals surface area contributed by atoms with Crippen molar-refractivity contribution in [2.75, 3.05) is 20.8 Å². The number of aliphatic carboxylic acids is 1. The van der Waals surface area contributed by atoms with Gasteiger partial charge in [0.15, 0.2) is 9.96 Å².